The molecule has 1 amide bonds. The number of amides is 1. The van der Waals surface area contributed by atoms with Gasteiger partial charge in [0.2, 0.25) is 5.91 Å². The SMILES string of the molecule is CC1COCCN1C(=O)C1(C(C)C)CCNC1. The molecule has 0 aromatic carbocycles. The summed E-state index contributed by atoms with van der Waals surface area (Å²) >= 11 is 0. The van der Waals surface area contributed by atoms with Gasteiger partial charge in [0.05, 0.1) is 24.7 Å². The van der Waals surface area contributed by atoms with E-state index in [-0.39, 0.29) is 11.5 Å². The molecule has 2 atom stereocenters. The van der Waals surface area contributed by atoms with Gasteiger partial charge in [-0.2, -0.15) is 0 Å². The smallest absolute Gasteiger partial charge is 0.230 e. The molecule has 0 aromatic heterocycles. The van der Waals surface area contributed by atoms with Gasteiger partial charge in [-0.3, -0.25) is 4.79 Å². The van der Waals surface area contributed by atoms with Crippen LogP contribution in [-0.2, 0) is 9.53 Å². The Morgan fingerprint density at radius 1 is 1.53 bits per heavy atom. The van der Waals surface area contributed by atoms with E-state index in [1.807, 2.05) is 4.90 Å². The maximum atomic E-state index is 12.8. The van der Waals surface area contributed by atoms with Crippen LogP contribution < -0.4 is 5.32 Å². The lowest BCUT2D eigenvalue weighted by Crippen LogP contribution is -2.55. The molecule has 0 radical (unpaired) electrons. The van der Waals surface area contributed by atoms with E-state index < -0.39 is 0 Å². The lowest BCUT2D eigenvalue weighted by atomic mass is 9.75. The van der Waals surface area contributed by atoms with Gasteiger partial charge in [-0.25, -0.2) is 0 Å². The van der Waals surface area contributed by atoms with Crippen LogP contribution >= 0.6 is 0 Å². The van der Waals surface area contributed by atoms with Gasteiger partial charge < -0.3 is 15.0 Å². The Labute approximate surface area is 104 Å². The fourth-order valence-corrected chi connectivity index (χ4v) is 2.95. The van der Waals surface area contributed by atoms with Crippen LogP contribution in [0.2, 0.25) is 0 Å². The van der Waals surface area contributed by atoms with Crippen molar-refractivity contribution in [3.05, 3.63) is 0 Å². The summed E-state index contributed by atoms with van der Waals surface area (Å²) in [5, 5.41) is 3.35. The van der Waals surface area contributed by atoms with E-state index in [0.29, 0.717) is 25.0 Å². The molecule has 0 spiro atoms. The topological polar surface area (TPSA) is 41.6 Å². The second-order valence-electron chi connectivity index (χ2n) is 5.66. The molecule has 17 heavy (non-hydrogen) atoms. The van der Waals surface area contributed by atoms with Gasteiger partial charge in [0, 0.05) is 13.1 Å². The number of rotatable bonds is 2. The Hall–Kier alpha value is -0.610. The van der Waals surface area contributed by atoms with Crippen molar-refractivity contribution in [1.29, 1.82) is 0 Å². The Morgan fingerprint density at radius 3 is 2.82 bits per heavy atom. The third kappa shape index (κ3) is 2.20. The molecule has 0 aliphatic carbocycles. The van der Waals surface area contributed by atoms with E-state index in [1.165, 1.54) is 0 Å². The number of ether oxygens (including phenoxy) is 1. The second kappa shape index (κ2) is 4.94. The van der Waals surface area contributed by atoms with Crippen LogP contribution in [0.1, 0.15) is 27.2 Å². The number of carbonyl (C=O) groups is 1. The first-order chi connectivity index (χ1) is 8.08. The number of hydrogen-bond acceptors (Lipinski definition) is 3. The highest BCUT2D eigenvalue weighted by Crippen LogP contribution is 2.36. The quantitative estimate of drug-likeness (QED) is 0.778. The summed E-state index contributed by atoms with van der Waals surface area (Å²) in [7, 11) is 0. The lowest BCUT2D eigenvalue weighted by Gasteiger charge is -2.41. The Morgan fingerprint density at radius 2 is 2.29 bits per heavy atom. The summed E-state index contributed by atoms with van der Waals surface area (Å²) in [5.74, 6) is 0.716. The molecule has 2 saturated heterocycles. The molecular weight excluding hydrogens is 216 g/mol. The largest absolute Gasteiger partial charge is 0.377 e. The predicted molar refractivity (Wildman–Crippen MR) is 66.8 cm³/mol. The molecule has 0 saturated carbocycles. The number of hydrogen-bond donors (Lipinski definition) is 1. The zero-order valence-electron chi connectivity index (χ0n) is 11.2. The van der Waals surface area contributed by atoms with Crippen LogP contribution in [0.3, 0.4) is 0 Å². The van der Waals surface area contributed by atoms with Gasteiger partial charge in [-0.1, -0.05) is 13.8 Å². The van der Waals surface area contributed by atoms with Crippen molar-refractivity contribution in [2.75, 3.05) is 32.8 Å². The zero-order chi connectivity index (χ0) is 12.5. The average molecular weight is 240 g/mol. The molecule has 2 fully saturated rings. The van der Waals surface area contributed by atoms with E-state index in [1.54, 1.807) is 0 Å². The van der Waals surface area contributed by atoms with Crippen molar-refractivity contribution in [3.63, 3.8) is 0 Å². The van der Waals surface area contributed by atoms with Gasteiger partial charge in [0.15, 0.2) is 0 Å². The third-order valence-corrected chi connectivity index (χ3v) is 4.35. The summed E-state index contributed by atoms with van der Waals surface area (Å²) < 4.78 is 5.41. The molecule has 0 aromatic rings. The minimum atomic E-state index is -0.189. The first kappa shape index (κ1) is 12.8. The van der Waals surface area contributed by atoms with Crippen molar-refractivity contribution in [2.45, 2.75) is 33.2 Å². The van der Waals surface area contributed by atoms with Crippen molar-refractivity contribution in [3.8, 4) is 0 Å². The van der Waals surface area contributed by atoms with Gasteiger partial charge in [-0.15, -0.1) is 0 Å². The minimum absolute atomic E-state index is 0.189. The maximum absolute atomic E-state index is 12.8. The summed E-state index contributed by atoms with van der Waals surface area (Å²) in [6.45, 7) is 10.3. The van der Waals surface area contributed by atoms with Crippen LogP contribution in [0, 0.1) is 11.3 Å². The molecule has 1 N–H and O–H groups in total. The highest BCUT2D eigenvalue weighted by molar-refractivity contribution is 5.84. The fraction of sp³-hybridized carbons (Fsp3) is 0.923. The zero-order valence-corrected chi connectivity index (χ0v) is 11.2. The van der Waals surface area contributed by atoms with Crippen LogP contribution in [0.15, 0.2) is 0 Å². The maximum Gasteiger partial charge on any atom is 0.230 e. The van der Waals surface area contributed by atoms with Gasteiger partial charge in [0.1, 0.15) is 0 Å². The van der Waals surface area contributed by atoms with Gasteiger partial charge >= 0.3 is 0 Å². The van der Waals surface area contributed by atoms with E-state index in [4.69, 9.17) is 4.74 Å². The molecule has 4 nitrogen and oxygen atoms in total. The van der Waals surface area contributed by atoms with Crippen molar-refractivity contribution >= 4 is 5.91 Å². The molecule has 2 aliphatic rings. The number of nitrogens with one attached hydrogen (secondary N) is 1. The molecule has 2 unspecified atom stereocenters. The molecule has 2 heterocycles. The van der Waals surface area contributed by atoms with Crippen LogP contribution in [0.25, 0.3) is 0 Å². The second-order valence-corrected chi connectivity index (χ2v) is 5.66. The summed E-state index contributed by atoms with van der Waals surface area (Å²) in [5.41, 5.74) is -0.189. The van der Waals surface area contributed by atoms with E-state index >= 15 is 0 Å². The van der Waals surface area contributed by atoms with E-state index in [9.17, 15) is 4.79 Å². The third-order valence-electron chi connectivity index (χ3n) is 4.35. The van der Waals surface area contributed by atoms with Crippen molar-refractivity contribution < 1.29 is 9.53 Å². The van der Waals surface area contributed by atoms with Crippen LogP contribution in [0.4, 0.5) is 0 Å². The van der Waals surface area contributed by atoms with Gasteiger partial charge in [0.25, 0.3) is 0 Å². The molecule has 98 valence electrons. The van der Waals surface area contributed by atoms with E-state index in [2.05, 4.69) is 26.1 Å². The Bertz CT molecular complexity index is 285. The van der Waals surface area contributed by atoms with Crippen molar-refractivity contribution in [1.82, 2.24) is 10.2 Å². The number of morpholine rings is 1. The van der Waals surface area contributed by atoms with Gasteiger partial charge in [-0.05, 0) is 25.8 Å². The average Bonchev–Trinajstić information content (AvgIpc) is 2.79. The Balaban J connectivity index is 2.16. The summed E-state index contributed by atoms with van der Waals surface area (Å²) in [6, 6.07) is 0.215. The summed E-state index contributed by atoms with van der Waals surface area (Å²) in [6.07, 6.45) is 0.966. The van der Waals surface area contributed by atoms with Crippen LogP contribution in [-0.4, -0.2) is 49.7 Å². The summed E-state index contributed by atoms with van der Waals surface area (Å²) in [4.78, 5) is 14.8. The standard InChI is InChI=1S/C13H24N2O2/c1-10(2)13(4-5-14-9-13)12(16)15-6-7-17-8-11(15)3/h10-11,14H,4-9H2,1-3H3. The highest BCUT2D eigenvalue weighted by atomic mass is 16.5. The van der Waals surface area contributed by atoms with Crippen LogP contribution in [0.5, 0.6) is 0 Å². The normalized spacial score (nSPS) is 34.4. The molecule has 4 heteroatoms. The predicted octanol–water partition coefficient (Wildman–Crippen LogP) is 0.869. The van der Waals surface area contributed by atoms with E-state index in [0.717, 1.165) is 26.1 Å². The highest BCUT2D eigenvalue weighted by Gasteiger charge is 2.47. The molecular formula is C13H24N2O2. The monoisotopic (exact) mass is 240 g/mol. The fourth-order valence-electron chi connectivity index (χ4n) is 2.95. The lowest BCUT2D eigenvalue weighted by molar-refractivity contribution is -0.151. The molecule has 0 bridgehead atoms. The molecule has 2 aliphatic heterocycles. The first-order valence-corrected chi connectivity index (χ1v) is 6.67. The first-order valence-electron chi connectivity index (χ1n) is 6.67. The Kier molecular flexibility index (Phi) is 3.73. The van der Waals surface area contributed by atoms with Crippen molar-refractivity contribution in [2.24, 2.45) is 11.3 Å². The molecule has 2 rings (SSSR count). The minimum Gasteiger partial charge on any atom is -0.377 e. The number of nitrogens with zero attached hydrogens (tertiary/aromatic N) is 1. The number of carbonyl (C=O) groups excluding carboxylic acids is 1.